The van der Waals surface area contributed by atoms with E-state index in [9.17, 15) is 9.59 Å². The van der Waals surface area contributed by atoms with Crippen molar-refractivity contribution in [2.45, 2.75) is 53.1 Å². The van der Waals surface area contributed by atoms with Gasteiger partial charge in [0.1, 0.15) is 11.6 Å². The highest BCUT2D eigenvalue weighted by atomic mass is 16.2. The van der Waals surface area contributed by atoms with E-state index in [1.165, 1.54) is 0 Å². The summed E-state index contributed by atoms with van der Waals surface area (Å²) < 4.78 is 1.77. The fourth-order valence-electron chi connectivity index (χ4n) is 2.73. The Balaban J connectivity index is 1.83. The van der Waals surface area contributed by atoms with Crippen molar-refractivity contribution in [3.05, 3.63) is 11.6 Å². The summed E-state index contributed by atoms with van der Waals surface area (Å²) in [6, 6.07) is 0. The number of nitrogens with zero attached hydrogens (tertiary/aromatic N) is 4. The summed E-state index contributed by atoms with van der Waals surface area (Å²) in [7, 11) is 0. The zero-order valence-corrected chi connectivity index (χ0v) is 14.0. The lowest BCUT2D eigenvalue weighted by Crippen LogP contribution is -2.43. The van der Waals surface area contributed by atoms with Gasteiger partial charge in [0.05, 0.1) is 12.5 Å². The molecule has 0 spiro atoms. The van der Waals surface area contributed by atoms with Crippen LogP contribution in [0.4, 0.5) is 0 Å². The Kier molecular flexibility index (Phi) is 4.53. The molecule has 1 fully saturated rings. The second-order valence-corrected chi connectivity index (χ2v) is 6.80. The van der Waals surface area contributed by atoms with Gasteiger partial charge in [-0.1, -0.05) is 0 Å². The number of nitrogens with one attached hydrogen (secondary N) is 1. The van der Waals surface area contributed by atoms with Crippen LogP contribution in [0.25, 0.3) is 0 Å². The largest absolute Gasteiger partial charge is 0.354 e. The maximum atomic E-state index is 12.2. The Morgan fingerprint density at radius 2 is 2.05 bits per heavy atom. The molecule has 1 aromatic rings. The summed E-state index contributed by atoms with van der Waals surface area (Å²) in [5, 5.41) is 7.15. The molecule has 1 aliphatic heterocycles. The minimum atomic E-state index is -0.259. The van der Waals surface area contributed by atoms with Crippen molar-refractivity contribution in [1.29, 1.82) is 0 Å². The molecule has 1 saturated heterocycles. The summed E-state index contributed by atoms with van der Waals surface area (Å²) in [6.07, 6.45) is 0.296. The van der Waals surface area contributed by atoms with Gasteiger partial charge in [-0.3, -0.25) is 9.59 Å². The van der Waals surface area contributed by atoms with E-state index in [0.717, 1.165) is 11.6 Å². The molecule has 0 radical (unpaired) electrons. The van der Waals surface area contributed by atoms with Crippen molar-refractivity contribution in [1.82, 2.24) is 25.0 Å². The first kappa shape index (κ1) is 16.5. The van der Waals surface area contributed by atoms with Gasteiger partial charge in [-0.15, -0.1) is 0 Å². The van der Waals surface area contributed by atoms with E-state index in [4.69, 9.17) is 0 Å². The van der Waals surface area contributed by atoms with Gasteiger partial charge in [0.2, 0.25) is 11.8 Å². The van der Waals surface area contributed by atoms with Crippen LogP contribution in [0.15, 0.2) is 0 Å². The monoisotopic (exact) mass is 307 g/mol. The zero-order chi connectivity index (χ0) is 16.5. The molecule has 2 amide bonds. The smallest absolute Gasteiger partial charge is 0.225 e. The predicted molar refractivity (Wildman–Crippen MR) is 82.1 cm³/mol. The first-order valence-electron chi connectivity index (χ1n) is 7.64. The molecule has 1 atom stereocenters. The quantitative estimate of drug-likeness (QED) is 0.886. The molecule has 1 aliphatic rings. The lowest BCUT2D eigenvalue weighted by Gasteiger charge is -2.31. The fourth-order valence-corrected chi connectivity index (χ4v) is 2.73. The maximum absolute atomic E-state index is 12.2. The SMILES string of the molecule is Cc1nc(C)n(CCNC(=O)C2CC(=O)N(C(C)(C)C)C2)n1. The van der Waals surface area contributed by atoms with Gasteiger partial charge in [0, 0.05) is 25.0 Å². The van der Waals surface area contributed by atoms with Crippen molar-refractivity contribution in [2.24, 2.45) is 5.92 Å². The summed E-state index contributed by atoms with van der Waals surface area (Å²) in [4.78, 5) is 30.2. The van der Waals surface area contributed by atoms with Crippen molar-refractivity contribution in [2.75, 3.05) is 13.1 Å². The van der Waals surface area contributed by atoms with Gasteiger partial charge in [-0.25, -0.2) is 9.67 Å². The molecule has 7 heteroatoms. The highest BCUT2D eigenvalue weighted by Gasteiger charge is 2.39. The lowest BCUT2D eigenvalue weighted by molar-refractivity contribution is -0.132. The topological polar surface area (TPSA) is 80.1 Å². The van der Waals surface area contributed by atoms with Crippen molar-refractivity contribution >= 4 is 11.8 Å². The third-order valence-electron chi connectivity index (χ3n) is 3.89. The minimum absolute atomic E-state index is 0.0513. The summed E-state index contributed by atoms with van der Waals surface area (Å²) >= 11 is 0. The van der Waals surface area contributed by atoms with Crippen LogP contribution >= 0.6 is 0 Å². The Bertz CT molecular complexity index is 573. The van der Waals surface area contributed by atoms with Gasteiger partial charge < -0.3 is 10.2 Å². The molecule has 0 aliphatic carbocycles. The number of carbonyl (C=O) groups excluding carboxylic acids is 2. The molecule has 1 N–H and O–H groups in total. The lowest BCUT2D eigenvalue weighted by atomic mass is 10.1. The molecule has 0 bridgehead atoms. The van der Waals surface area contributed by atoms with Crippen LogP contribution in [0.3, 0.4) is 0 Å². The molecule has 0 aromatic carbocycles. The molecule has 2 heterocycles. The number of amides is 2. The predicted octanol–water partition coefficient (Wildman–Crippen LogP) is 0.658. The Morgan fingerprint density at radius 3 is 2.55 bits per heavy atom. The summed E-state index contributed by atoms with van der Waals surface area (Å²) in [6.45, 7) is 11.3. The number of rotatable bonds is 4. The first-order chi connectivity index (χ1) is 10.2. The van der Waals surface area contributed by atoms with Gasteiger partial charge in [0.15, 0.2) is 0 Å². The third-order valence-corrected chi connectivity index (χ3v) is 3.89. The average molecular weight is 307 g/mol. The third kappa shape index (κ3) is 3.64. The molecular formula is C15H25N5O2. The number of carbonyl (C=O) groups is 2. The van der Waals surface area contributed by atoms with Crippen molar-refractivity contribution in [3.63, 3.8) is 0 Å². The van der Waals surface area contributed by atoms with Crippen LogP contribution in [0, 0.1) is 19.8 Å². The number of likely N-dealkylation sites (tertiary alicyclic amines) is 1. The Hall–Kier alpha value is -1.92. The first-order valence-corrected chi connectivity index (χ1v) is 7.64. The van der Waals surface area contributed by atoms with Gasteiger partial charge >= 0.3 is 0 Å². The van der Waals surface area contributed by atoms with E-state index in [1.807, 2.05) is 34.6 Å². The molecule has 7 nitrogen and oxygen atoms in total. The van der Waals surface area contributed by atoms with Crippen LogP contribution in [0.1, 0.15) is 38.8 Å². The Labute approximate surface area is 131 Å². The zero-order valence-electron chi connectivity index (χ0n) is 14.0. The second kappa shape index (κ2) is 6.06. The van der Waals surface area contributed by atoms with E-state index < -0.39 is 0 Å². The van der Waals surface area contributed by atoms with Gasteiger partial charge in [0.25, 0.3) is 0 Å². The van der Waals surface area contributed by atoms with Crippen molar-refractivity contribution < 1.29 is 9.59 Å². The summed E-state index contributed by atoms with van der Waals surface area (Å²) in [5.41, 5.74) is -0.235. The van der Waals surface area contributed by atoms with Crippen LogP contribution in [0.2, 0.25) is 0 Å². The molecule has 2 rings (SSSR count). The Morgan fingerprint density at radius 1 is 1.36 bits per heavy atom. The number of hydrogen-bond donors (Lipinski definition) is 1. The minimum Gasteiger partial charge on any atom is -0.354 e. The van der Waals surface area contributed by atoms with Crippen LogP contribution in [-0.4, -0.2) is 50.1 Å². The normalized spacial score (nSPS) is 18.9. The van der Waals surface area contributed by atoms with E-state index >= 15 is 0 Å². The number of aromatic nitrogens is 3. The molecule has 122 valence electrons. The van der Waals surface area contributed by atoms with Gasteiger partial charge in [-0.05, 0) is 34.6 Å². The summed E-state index contributed by atoms with van der Waals surface area (Å²) in [5.74, 6) is 1.29. The standard InChI is InChI=1S/C15H25N5O2/c1-10-17-11(2)20(18-10)7-6-16-14(22)12-8-13(21)19(9-12)15(3,4)5/h12H,6-9H2,1-5H3,(H,16,22). The van der Waals surface area contributed by atoms with Gasteiger partial charge in [-0.2, -0.15) is 5.10 Å². The average Bonchev–Trinajstić information content (AvgIpc) is 2.92. The molecule has 0 saturated carbocycles. The highest BCUT2D eigenvalue weighted by Crippen LogP contribution is 2.25. The second-order valence-electron chi connectivity index (χ2n) is 6.80. The van der Waals surface area contributed by atoms with Crippen molar-refractivity contribution in [3.8, 4) is 0 Å². The molecule has 1 aromatic heterocycles. The maximum Gasteiger partial charge on any atom is 0.225 e. The van der Waals surface area contributed by atoms with Crippen LogP contribution in [0.5, 0.6) is 0 Å². The molecular weight excluding hydrogens is 282 g/mol. The van der Waals surface area contributed by atoms with E-state index in [0.29, 0.717) is 26.1 Å². The fraction of sp³-hybridized carbons (Fsp3) is 0.733. The van der Waals surface area contributed by atoms with Crippen LogP contribution in [-0.2, 0) is 16.1 Å². The number of hydrogen-bond acceptors (Lipinski definition) is 4. The molecule has 1 unspecified atom stereocenters. The number of aryl methyl sites for hydroxylation is 2. The molecule has 22 heavy (non-hydrogen) atoms. The van der Waals surface area contributed by atoms with E-state index in [2.05, 4.69) is 15.4 Å². The van der Waals surface area contributed by atoms with E-state index in [1.54, 1.807) is 9.58 Å². The van der Waals surface area contributed by atoms with E-state index in [-0.39, 0.29) is 23.3 Å². The van der Waals surface area contributed by atoms with Crippen LogP contribution < -0.4 is 5.32 Å². The highest BCUT2D eigenvalue weighted by molar-refractivity contribution is 5.89.